The molecule has 0 aromatic heterocycles. The average molecular weight is 349 g/mol. The van der Waals surface area contributed by atoms with E-state index in [2.05, 4.69) is 4.99 Å². The number of amides is 1. The van der Waals surface area contributed by atoms with E-state index in [0.717, 1.165) is 0 Å². The molecule has 1 saturated heterocycles. The molecule has 0 N–H and O–H groups in total. The normalized spacial score (nSPS) is 19.3. The Labute approximate surface area is 143 Å². The Morgan fingerprint density at radius 2 is 2.09 bits per heavy atom. The molecule has 1 aliphatic heterocycles. The van der Waals surface area contributed by atoms with Crippen LogP contribution in [0.5, 0.6) is 0 Å². The number of hydrogen-bond acceptors (Lipinski definition) is 3. The Hall–Kier alpha value is -1.85. The molecule has 1 heterocycles. The number of rotatable bonds is 2. The van der Waals surface area contributed by atoms with Crippen molar-refractivity contribution in [1.82, 2.24) is 4.90 Å². The summed E-state index contributed by atoms with van der Waals surface area (Å²) in [6.07, 6.45) is 0. The zero-order valence-electron chi connectivity index (χ0n) is 12.4. The van der Waals surface area contributed by atoms with Crippen LogP contribution in [0.2, 0.25) is 5.02 Å². The van der Waals surface area contributed by atoms with Gasteiger partial charge in [0.2, 0.25) is 0 Å². The van der Waals surface area contributed by atoms with Crippen molar-refractivity contribution in [2.75, 3.05) is 6.54 Å². The first-order valence-electron chi connectivity index (χ1n) is 7.12. The van der Waals surface area contributed by atoms with Crippen LogP contribution in [0.1, 0.15) is 17.3 Å². The highest BCUT2D eigenvalue weighted by Crippen LogP contribution is 2.30. The van der Waals surface area contributed by atoms with E-state index in [-0.39, 0.29) is 16.7 Å². The van der Waals surface area contributed by atoms with E-state index in [4.69, 9.17) is 11.6 Å². The molecule has 1 atom stereocenters. The maximum Gasteiger partial charge on any atom is 0.262 e. The smallest absolute Gasteiger partial charge is 0.262 e. The van der Waals surface area contributed by atoms with Crippen molar-refractivity contribution in [2.24, 2.45) is 4.99 Å². The SMILES string of the molecule is CC1CN(C(=O)c2ccccc2F)C(=Nc2cccc(Cl)c2)S1. The quantitative estimate of drug-likeness (QED) is 0.785. The van der Waals surface area contributed by atoms with Gasteiger partial charge in [-0.05, 0) is 30.3 Å². The van der Waals surface area contributed by atoms with Gasteiger partial charge in [0.15, 0.2) is 5.17 Å². The molecular weight excluding hydrogens is 335 g/mol. The highest BCUT2D eigenvalue weighted by Gasteiger charge is 2.32. The molecule has 3 nitrogen and oxygen atoms in total. The van der Waals surface area contributed by atoms with Gasteiger partial charge >= 0.3 is 0 Å². The van der Waals surface area contributed by atoms with Crippen LogP contribution in [-0.2, 0) is 0 Å². The predicted octanol–water partition coefficient (Wildman–Crippen LogP) is 4.74. The molecule has 1 aliphatic rings. The minimum atomic E-state index is -0.524. The minimum absolute atomic E-state index is 0.0565. The van der Waals surface area contributed by atoms with Crippen molar-refractivity contribution < 1.29 is 9.18 Å². The lowest BCUT2D eigenvalue weighted by atomic mass is 10.2. The van der Waals surface area contributed by atoms with Crippen LogP contribution < -0.4 is 0 Å². The number of carbonyl (C=O) groups excluding carboxylic acids is 1. The fraction of sp³-hybridized carbons (Fsp3) is 0.176. The number of nitrogens with zero attached hydrogens (tertiary/aromatic N) is 2. The lowest BCUT2D eigenvalue weighted by Crippen LogP contribution is -2.33. The van der Waals surface area contributed by atoms with Gasteiger partial charge in [0, 0.05) is 16.8 Å². The van der Waals surface area contributed by atoms with Crippen LogP contribution in [0.4, 0.5) is 10.1 Å². The van der Waals surface area contributed by atoms with Crippen LogP contribution in [-0.4, -0.2) is 27.8 Å². The van der Waals surface area contributed by atoms with E-state index >= 15 is 0 Å². The third kappa shape index (κ3) is 3.57. The molecule has 3 rings (SSSR count). The lowest BCUT2D eigenvalue weighted by Gasteiger charge is -2.16. The Balaban J connectivity index is 1.94. The Kier molecular flexibility index (Phi) is 4.68. The van der Waals surface area contributed by atoms with Gasteiger partial charge in [0.25, 0.3) is 5.91 Å². The summed E-state index contributed by atoms with van der Waals surface area (Å²) >= 11 is 7.46. The molecule has 23 heavy (non-hydrogen) atoms. The summed E-state index contributed by atoms with van der Waals surface area (Å²) in [5.74, 6) is -0.898. The summed E-state index contributed by atoms with van der Waals surface area (Å²) in [5.41, 5.74) is 0.724. The van der Waals surface area contributed by atoms with Gasteiger partial charge in [-0.3, -0.25) is 9.69 Å². The maximum absolute atomic E-state index is 13.9. The second-order valence-corrected chi connectivity index (χ2v) is 7.04. The molecule has 0 bridgehead atoms. The third-order valence-corrected chi connectivity index (χ3v) is 4.67. The second kappa shape index (κ2) is 6.72. The van der Waals surface area contributed by atoms with Crippen molar-refractivity contribution in [3.63, 3.8) is 0 Å². The highest BCUT2D eigenvalue weighted by atomic mass is 35.5. The molecule has 6 heteroatoms. The zero-order chi connectivity index (χ0) is 16.4. The fourth-order valence-corrected chi connectivity index (χ4v) is 3.52. The number of carbonyl (C=O) groups is 1. The summed E-state index contributed by atoms with van der Waals surface area (Å²) in [7, 11) is 0. The Bertz CT molecular complexity index is 781. The Morgan fingerprint density at radius 3 is 2.83 bits per heavy atom. The minimum Gasteiger partial charge on any atom is -0.286 e. The van der Waals surface area contributed by atoms with Crippen molar-refractivity contribution >= 4 is 40.1 Å². The molecular formula is C17H14ClFN2OS. The molecule has 1 amide bonds. The summed E-state index contributed by atoms with van der Waals surface area (Å²) in [5, 5.41) is 1.34. The maximum atomic E-state index is 13.9. The fourth-order valence-electron chi connectivity index (χ4n) is 2.31. The van der Waals surface area contributed by atoms with Crippen molar-refractivity contribution in [3.05, 3.63) is 64.9 Å². The summed E-state index contributed by atoms with van der Waals surface area (Å²) < 4.78 is 13.9. The van der Waals surface area contributed by atoms with Crippen LogP contribution in [0.15, 0.2) is 53.5 Å². The van der Waals surface area contributed by atoms with Gasteiger partial charge in [0.1, 0.15) is 5.82 Å². The molecule has 0 spiro atoms. The molecule has 0 saturated carbocycles. The summed E-state index contributed by atoms with van der Waals surface area (Å²) in [6, 6.07) is 13.1. The first kappa shape index (κ1) is 16.0. The first-order chi connectivity index (χ1) is 11.0. The highest BCUT2D eigenvalue weighted by molar-refractivity contribution is 8.14. The standard InChI is InChI=1S/C17H14ClFN2OS/c1-11-10-21(16(22)14-7-2-3-8-15(14)19)17(23-11)20-13-6-4-5-12(18)9-13/h2-9,11H,10H2,1H3. The van der Waals surface area contributed by atoms with Crippen molar-refractivity contribution in [3.8, 4) is 0 Å². The number of aliphatic imine (C=N–C) groups is 1. The average Bonchev–Trinajstić information content (AvgIpc) is 2.87. The molecule has 1 fully saturated rings. The van der Waals surface area contributed by atoms with E-state index in [9.17, 15) is 9.18 Å². The Morgan fingerprint density at radius 1 is 1.30 bits per heavy atom. The van der Waals surface area contributed by atoms with E-state index < -0.39 is 5.82 Å². The van der Waals surface area contributed by atoms with Crippen LogP contribution in [0, 0.1) is 5.82 Å². The number of thioether (sulfide) groups is 1. The van der Waals surface area contributed by atoms with Crippen LogP contribution in [0.3, 0.4) is 0 Å². The van der Waals surface area contributed by atoms with Crippen molar-refractivity contribution in [1.29, 1.82) is 0 Å². The number of hydrogen-bond donors (Lipinski definition) is 0. The summed E-state index contributed by atoms with van der Waals surface area (Å²) in [4.78, 5) is 18.7. The van der Waals surface area contributed by atoms with Gasteiger partial charge in [-0.15, -0.1) is 0 Å². The first-order valence-corrected chi connectivity index (χ1v) is 8.37. The predicted molar refractivity (Wildman–Crippen MR) is 93.0 cm³/mol. The molecule has 118 valence electrons. The van der Waals surface area contributed by atoms with E-state index in [1.54, 1.807) is 30.3 Å². The third-order valence-electron chi connectivity index (χ3n) is 3.36. The molecule has 0 aliphatic carbocycles. The van der Waals surface area contributed by atoms with Crippen molar-refractivity contribution in [2.45, 2.75) is 12.2 Å². The molecule has 1 unspecified atom stereocenters. The lowest BCUT2D eigenvalue weighted by molar-refractivity contribution is 0.0851. The van der Waals surface area contributed by atoms with Crippen LogP contribution in [0.25, 0.3) is 0 Å². The van der Waals surface area contributed by atoms with E-state index in [1.165, 1.54) is 28.8 Å². The van der Waals surface area contributed by atoms with E-state index in [1.807, 2.05) is 13.0 Å². The second-order valence-electron chi connectivity index (χ2n) is 5.20. The topological polar surface area (TPSA) is 32.7 Å². The van der Waals surface area contributed by atoms with E-state index in [0.29, 0.717) is 22.4 Å². The van der Waals surface area contributed by atoms with Crippen LogP contribution >= 0.6 is 23.4 Å². The molecule has 2 aromatic carbocycles. The number of halogens is 2. The number of amidine groups is 1. The van der Waals surface area contributed by atoms with Gasteiger partial charge < -0.3 is 0 Å². The molecule has 2 aromatic rings. The molecule has 0 radical (unpaired) electrons. The largest absolute Gasteiger partial charge is 0.286 e. The van der Waals surface area contributed by atoms with Gasteiger partial charge in [-0.1, -0.05) is 48.5 Å². The zero-order valence-corrected chi connectivity index (χ0v) is 13.9. The van der Waals surface area contributed by atoms with Gasteiger partial charge in [-0.25, -0.2) is 9.38 Å². The van der Waals surface area contributed by atoms with Gasteiger partial charge in [0.05, 0.1) is 11.3 Å². The number of benzene rings is 2. The van der Waals surface area contributed by atoms with Gasteiger partial charge in [-0.2, -0.15) is 0 Å². The monoisotopic (exact) mass is 348 g/mol. The summed E-state index contributed by atoms with van der Waals surface area (Å²) in [6.45, 7) is 2.50.